The predicted molar refractivity (Wildman–Crippen MR) is 268 cm³/mol. The van der Waals surface area contributed by atoms with Gasteiger partial charge in [0, 0.05) is 115 Å². The predicted octanol–water partition coefficient (Wildman–Crippen LogP) is 7.09. The number of aliphatic hydroxyl groups excluding tert-OH is 1. The molecule has 4 aliphatic rings. The summed E-state index contributed by atoms with van der Waals surface area (Å²) in [5.41, 5.74) is 7.08. The number of fused-ring (bicyclic) bond motifs is 4. The van der Waals surface area contributed by atoms with Gasteiger partial charge in [-0.3, -0.25) is 9.59 Å². The number of ether oxygens (including phenoxy) is 2. The molecule has 0 atom stereocenters. The van der Waals surface area contributed by atoms with Gasteiger partial charge in [0.15, 0.2) is 11.6 Å². The Morgan fingerprint density at radius 2 is 1.12 bits per heavy atom. The first-order valence-electron chi connectivity index (χ1n) is 22.6. The number of aliphatic hydroxyl groups is 1. The number of likely N-dealkylation sites (N-methyl/N-ethyl adjacent to an activating group) is 1. The molecule has 350 valence electrons. The van der Waals surface area contributed by atoms with Crippen LogP contribution in [0.5, 0.6) is 11.5 Å². The van der Waals surface area contributed by atoms with Crippen molar-refractivity contribution in [3.05, 3.63) is 106 Å². The third kappa shape index (κ3) is 9.22. The minimum absolute atomic E-state index is 0.0469. The standard InChI is InChI=1S/C25H29N5O3S.C24H28N6O2S/c1-4-33-21-14-17(30-10-7-18(31)8-11-30)6-5-16(21)13-22-26-15-20-23(27-22)29(3)25-19(9-12-34-25)24(32)28(20)2;1-27-8-10-30(11-9-27)17-6-5-16(20(14-17)32-4)13-21-25-15-19-22(26-21)29(3)24-18(7-12-33-24)23(31)28(19)2/h5-6,9,12,14-15,18,31H,4,7-8,10-11,13H2,1-3H3;5-7,12,14-15H,8-11,13H2,1-4H3. The van der Waals surface area contributed by atoms with Crippen LogP contribution in [0.2, 0.25) is 0 Å². The molecule has 2 aromatic carbocycles. The van der Waals surface area contributed by atoms with Crippen LogP contribution in [-0.2, 0) is 12.8 Å². The summed E-state index contributed by atoms with van der Waals surface area (Å²) in [6.07, 6.45) is 5.90. The molecule has 1 N–H and O–H groups in total. The molecule has 18 heteroatoms. The Hall–Kier alpha value is -6.34. The van der Waals surface area contributed by atoms with Crippen molar-refractivity contribution >= 4 is 78.9 Å². The lowest BCUT2D eigenvalue weighted by molar-refractivity contribution is 0.0987. The second-order valence-corrected chi connectivity index (χ2v) is 19.0. The van der Waals surface area contributed by atoms with E-state index in [1.807, 2.05) is 53.7 Å². The summed E-state index contributed by atoms with van der Waals surface area (Å²) in [5, 5.41) is 15.5. The van der Waals surface area contributed by atoms with E-state index in [4.69, 9.17) is 19.4 Å². The minimum atomic E-state index is -0.204. The Labute approximate surface area is 399 Å². The van der Waals surface area contributed by atoms with E-state index in [-0.39, 0.29) is 17.9 Å². The third-order valence-electron chi connectivity index (χ3n) is 12.9. The molecular weight excluding hydrogens is 887 g/mol. The Balaban J connectivity index is 0.000000168. The highest BCUT2D eigenvalue weighted by Crippen LogP contribution is 2.42. The molecule has 0 saturated carbocycles. The van der Waals surface area contributed by atoms with Crippen LogP contribution in [-0.4, -0.2) is 136 Å². The maximum Gasteiger partial charge on any atom is 0.261 e. The zero-order chi connectivity index (χ0) is 46.9. The lowest BCUT2D eigenvalue weighted by atomic mass is 10.1. The number of benzene rings is 2. The van der Waals surface area contributed by atoms with E-state index in [9.17, 15) is 14.7 Å². The number of nitrogens with zero attached hydrogens (tertiary/aromatic N) is 11. The lowest BCUT2D eigenvalue weighted by Gasteiger charge is -2.34. The number of piperidine rings is 1. The van der Waals surface area contributed by atoms with E-state index in [1.54, 1.807) is 43.4 Å². The Kier molecular flexibility index (Phi) is 13.3. The summed E-state index contributed by atoms with van der Waals surface area (Å²) in [6.45, 7) is 8.36. The monoisotopic (exact) mass is 943 g/mol. The van der Waals surface area contributed by atoms with Crippen LogP contribution in [0.3, 0.4) is 0 Å². The molecule has 2 amide bonds. The van der Waals surface area contributed by atoms with Crippen LogP contribution in [0, 0.1) is 0 Å². The van der Waals surface area contributed by atoms with Gasteiger partial charge in [-0.05, 0) is 61.8 Å². The van der Waals surface area contributed by atoms with Gasteiger partial charge in [0.05, 0.1) is 43.3 Å². The molecule has 0 radical (unpaired) electrons. The molecule has 0 aliphatic carbocycles. The summed E-state index contributed by atoms with van der Waals surface area (Å²) in [4.78, 5) is 58.9. The molecular formula is C49H57N11O5S2. The zero-order valence-electron chi connectivity index (χ0n) is 39.1. The SMILES string of the molecule is CCOc1cc(N2CCC(O)CC2)ccc1Cc1ncc2c(n1)N(C)c1sccc1C(=O)N2C.COc1cc(N2CCN(C)CC2)ccc1Cc1ncc2c(n1)N(C)c1sccc1C(=O)N2C. The van der Waals surface area contributed by atoms with Crippen LogP contribution < -0.4 is 38.9 Å². The van der Waals surface area contributed by atoms with Gasteiger partial charge in [-0.15, -0.1) is 22.7 Å². The second kappa shape index (κ2) is 19.5. The smallest absolute Gasteiger partial charge is 0.261 e. The second-order valence-electron chi connectivity index (χ2n) is 17.2. The molecule has 8 heterocycles. The van der Waals surface area contributed by atoms with Gasteiger partial charge in [0.25, 0.3) is 11.8 Å². The fourth-order valence-electron chi connectivity index (χ4n) is 8.94. The normalized spacial score (nSPS) is 16.4. The van der Waals surface area contributed by atoms with E-state index in [0.29, 0.717) is 59.4 Å². The number of thiophene rings is 2. The first-order valence-corrected chi connectivity index (χ1v) is 24.4. The van der Waals surface area contributed by atoms with Gasteiger partial charge in [0.1, 0.15) is 44.5 Å². The van der Waals surface area contributed by atoms with Crippen molar-refractivity contribution in [1.29, 1.82) is 0 Å². The van der Waals surface area contributed by atoms with Crippen LogP contribution >= 0.6 is 22.7 Å². The van der Waals surface area contributed by atoms with Gasteiger partial charge in [-0.25, -0.2) is 19.9 Å². The van der Waals surface area contributed by atoms with Crippen LogP contribution in [0.15, 0.2) is 71.7 Å². The molecule has 16 nitrogen and oxygen atoms in total. The van der Waals surface area contributed by atoms with E-state index in [2.05, 4.69) is 68.1 Å². The highest BCUT2D eigenvalue weighted by molar-refractivity contribution is 7.15. The number of aromatic nitrogens is 4. The Bertz CT molecular complexity index is 2770. The molecule has 10 rings (SSSR count). The maximum absolute atomic E-state index is 12.9. The number of carbonyl (C=O) groups is 2. The van der Waals surface area contributed by atoms with Gasteiger partial charge in [-0.2, -0.15) is 0 Å². The van der Waals surface area contributed by atoms with Crippen molar-refractivity contribution in [3.63, 3.8) is 0 Å². The molecule has 2 fully saturated rings. The summed E-state index contributed by atoms with van der Waals surface area (Å²) in [6, 6.07) is 16.4. The number of piperazine rings is 1. The topological polar surface area (TPSA) is 147 Å². The molecule has 2 saturated heterocycles. The number of hydrogen-bond donors (Lipinski definition) is 1. The fraction of sp³-hybridized carbons (Fsp3) is 0.388. The van der Waals surface area contributed by atoms with Crippen molar-refractivity contribution in [2.45, 2.75) is 38.7 Å². The zero-order valence-corrected chi connectivity index (χ0v) is 40.7. The Morgan fingerprint density at radius 1 is 0.642 bits per heavy atom. The van der Waals surface area contributed by atoms with Crippen LogP contribution in [0.4, 0.5) is 44.4 Å². The average Bonchev–Trinajstić information content (AvgIpc) is 4.03. The Morgan fingerprint density at radius 3 is 1.61 bits per heavy atom. The third-order valence-corrected chi connectivity index (χ3v) is 14.9. The van der Waals surface area contributed by atoms with E-state index < -0.39 is 0 Å². The van der Waals surface area contributed by atoms with Crippen molar-refractivity contribution in [1.82, 2.24) is 24.8 Å². The summed E-state index contributed by atoms with van der Waals surface area (Å²) >= 11 is 3.07. The number of hydrogen-bond acceptors (Lipinski definition) is 16. The quantitative estimate of drug-likeness (QED) is 0.157. The average molecular weight is 944 g/mol. The van der Waals surface area contributed by atoms with Crippen molar-refractivity contribution < 1.29 is 24.2 Å². The van der Waals surface area contributed by atoms with Gasteiger partial charge in [0.2, 0.25) is 0 Å². The number of anilines is 8. The number of amides is 2. The molecule has 67 heavy (non-hydrogen) atoms. The van der Waals surface area contributed by atoms with Crippen molar-refractivity contribution in [3.8, 4) is 11.5 Å². The van der Waals surface area contributed by atoms with Gasteiger partial charge < -0.3 is 48.9 Å². The highest BCUT2D eigenvalue weighted by atomic mass is 32.1. The van der Waals surface area contributed by atoms with E-state index in [1.165, 1.54) is 28.4 Å². The van der Waals surface area contributed by atoms with E-state index >= 15 is 0 Å². The first-order chi connectivity index (χ1) is 32.4. The molecule has 6 aromatic rings. The first kappa shape index (κ1) is 45.8. The number of methoxy groups -OCH3 is 1. The number of rotatable bonds is 9. The molecule has 0 bridgehead atoms. The van der Waals surface area contributed by atoms with Gasteiger partial charge >= 0.3 is 0 Å². The summed E-state index contributed by atoms with van der Waals surface area (Å²) in [5.74, 6) is 4.35. The molecule has 4 aliphatic heterocycles. The summed E-state index contributed by atoms with van der Waals surface area (Å²) in [7, 11) is 11.3. The fourth-order valence-corrected chi connectivity index (χ4v) is 10.7. The van der Waals surface area contributed by atoms with Crippen LogP contribution in [0.25, 0.3) is 0 Å². The van der Waals surface area contributed by atoms with Crippen LogP contribution in [0.1, 0.15) is 63.3 Å². The van der Waals surface area contributed by atoms with Gasteiger partial charge in [-0.1, -0.05) is 12.1 Å². The maximum atomic E-state index is 12.9. The molecule has 0 spiro atoms. The summed E-state index contributed by atoms with van der Waals surface area (Å²) < 4.78 is 11.7. The van der Waals surface area contributed by atoms with Crippen molar-refractivity contribution in [2.75, 3.05) is 118 Å². The van der Waals surface area contributed by atoms with E-state index in [0.717, 1.165) is 96.2 Å². The molecule has 4 aromatic heterocycles. The minimum Gasteiger partial charge on any atom is -0.496 e. The number of carbonyl (C=O) groups excluding carboxylic acids is 2. The lowest BCUT2D eigenvalue weighted by Crippen LogP contribution is -2.44. The van der Waals surface area contributed by atoms with Crippen molar-refractivity contribution in [2.24, 2.45) is 0 Å². The molecule has 0 unspecified atom stereocenters. The highest BCUT2D eigenvalue weighted by Gasteiger charge is 2.32. The largest absolute Gasteiger partial charge is 0.496 e.